The third-order valence-electron chi connectivity index (χ3n) is 2.68. The number of aromatic nitrogens is 1. The van der Waals surface area contributed by atoms with E-state index in [0.29, 0.717) is 5.92 Å². The molecule has 1 aliphatic rings. The number of rotatable bonds is 2. The van der Waals surface area contributed by atoms with Crippen LogP contribution in [0.15, 0.2) is 6.07 Å². The van der Waals surface area contributed by atoms with Crippen LogP contribution in [0.25, 0.3) is 0 Å². The molecule has 1 heterocycles. The van der Waals surface area contributed by atoms with Crippen LogP contribution in [0, 0.1) is 6.92 Å². The van der Waals surface area contributed by atoms with E-state index in [1.807, 2.05) is 6.92 Å². The van der Waals surface area contributed by atoms with Crippen molar-refractivity contribution >= 4 is 6.29 Å². The van der Waals surface area contributed by atoms with Crippen molar-refractivity contribution in [2.75, 3.05) is 0 Å². The molecule has 2 nitrogen and oxygen atoms in total. The van der Waals surface area contributed by atoms with Crippen LogP contribution in [-0.4, -0.2) is 11.3 Å². The topological polar surface area (TPSA) is 32.9 Å². The molecule has 1 aromatic heterocycles. The summed E-state index contributed by atoms with van der Waals surface area (Å²) >= 11 is 0. The van der Waals surface area contributed by atoms with E-state index < -0.39 is 0 Å². The molecule has 2 heteroatoms. The second kappa shape index (κ2) is 2.77. The van der Waals surface area contributed by atoms with Crippen LogP contribution >= 0.6 is 0 Å². The SMILES string of the molecule is Cc1cc(C2CCC2)c(C=O)[nH]1. The van der Waals surface area contributed by atoms with Crippen molar-refractivity contribution in [2.45, 2.75) is 32.1 Å². The van der Waals surface area contributed by atoms with Crippen LogP contribution < -0.4 is 0 Å². The van der Waals surface area contributed by atoms with Gasteiger partial charge in [0.1, 0.15) is 0 Å². The Kier molecular flexibility index (Phi) is 1.75. The van der Waals surface area contributed by atoms with Gasteiger partial charge in [-0.2, -0.15) is 0 Å². The molecular formula is C10H13NO. The van der Waals surface area contributed by atoms with Gasteiger partial charge in [-0.25, -0.2) is 0 Å². The Hall–Kier alpha value is -1.05. The summed E-state index contributed by atoms with van der Waals surface area (Å²) in [6, 6.07) is 2.10. The van der Waals surface area contributed by atoms with Gasteiger partial charge in [0.2, 0.25) is 0 Å². The van der Waals surface area contributed by atoms with Gasteiger partial charge >= 0.3 is 0 Å². The molecule has 12 heavy (non-hydrogen) atoms. The zero-order valence-corrected chi connectivity index (χ0v) is 7.26. The van der Waals surface area contributed by atoms with Crippen molar-refractivity contribution in [3.63, 3.8) is 0 Å². The highest BCUT2D eigenvalue weighted by atomic mass is 16.1. The van der Waals surface area contributed by atoms with E-state index in [2.05, 4.69) is 11.1 Å². The van der Waals surface area contributed by atoms with Crippen molar-refractivity contribution in [2.24, 2.45) is 0 Å². The molecule has 2 rings (SSSR count). The number of hydrogen-bond donors (Lipinski definition) is 1. The molecule has 0 atom stereocenters. The zero-order valence-electron chi connectivity index (χ0n) is 7.26. The quantitative estimate of drug-likeness (QED) is 0.667. The molecule has 0 radical (unpaired) electrons. The minimum Gasteiger partial charge on any atom is -0.356 e. The fourth-order valence-corrected chi connectivity index (χ4v) is 1.79. The van der Waals surface area contributed by atoms with Crippen LogP contribution in [0.1, 0.15) is 46.9 Å². The molecule has 0 saturated heterocycles. The van der Waals surface area contributed by atoms with Gasteiger partial charge in [0.25, 0.3) is 0 Å². The summed E-state index contributed by atoms with van der Waals surface area (Å²) in [4.78, 5) is 13.7. The van der Waals surface area contributed by atoms with Gasteiger partial charge < -0.3 is 4.98 Å². The Bertz CT molecular complexity index is 297. The second-order valence-corrected chi connectivity index (χ2v) is 3.57. The van der Waals surface area contributed by atoms with Gasteiger partial charge in [-0.3, -0.25) is 4.79 Å². The summed E-state index contributed by atoms with van der Waals surface area (Å²) in [5, 5.41) is 0. The van der Waals surface area contributed by atoms with Crippen LogP contribution in [0.3, 0.4) is 0 Å². The van der Waals surface area contributed by atoms with Crippen molar-refractivity contribution in [3.8, 4) is 0 Å². The normalized spacial score (nSPS) is 17.4. The van der Waals surface area contributed by atoms with Crippen LogP contribution in [0.5, 0.6) is 0 Å². The maximum Gasteiger partial charge on any atom is 0.166 e. The first-order valence-corrected chi connectivity index (χ1v) is 4.46. The minimum atomic E-state index is 0.648. The Morgan fingerprint density at radius 3 is 2.83 bits per heavy atom. The van der Waals surface area contributed by atoms with E-state index in [0.717, 1.165) is 17.7 Å². The number of H-pyrrole nitrogens is 1. The van der Waals surface area contributed by atoms with Gasteiger partial charge in [-0.1, -0.05) is 6.42 Å². The second-order valence-electron chi connectivity index (χ2n) is 3.57. The Morgan fingerprint density at radius 1 is 1.58 bits per heavy atom. The molecule has 0 aliphatic heterocycles. The molecule has 1 aliphatic carbocycles. The van der Waals surface area contributed by atoms with E-state index in [1.54, 1.807) is 0 Å². The number of aldehydes is 1. The molecule has 0 bridgehead atoms. The highest BCUT2D eigenvalue weighted by Gasteiger charge is 2.23. The zero-order chi connectivity index (χ0) is 8.55. The molecular weight excluding hydrogens is 150 g/mol. The Balaban J connectivity index is 2.33. The lowest BCUT2D eigenvalue weighted by atomic mass is 9.80. The van der Waals surface area contributed by atoms with E-state index in [-0.39, 0.29) is 0 Å². The summed E-state index contributed by atoms with van der Waals surface area (Å²) in [7, 11) is 0. The lowest BCUT2D eigenvalue weighted by Gasteiger charge is -2.24. The Labute approximate surface area is 72.0 Å². The molecule has 1 aromatic rings. The van der Waals surface area contributed by atoms with Crippen LogP contribution in [0.4, 0.5) is 0 Å². The Morgan fingerprint density at radius 2 is 2.33 bits per heavy atom. The summed E-state index contributed by atoms with van der Waals surface area (Å²) in [5.41, 5.74) is 3.12. The number of carbonyl (C=O) groups is 1. The minimum absolute atomic E-state index is 0.648. The average Bonchev–Trinajstić information content (AvgIpc) is 2.27. The van der Waals surface area contributed by atoms with Gasteiger partial charge in [-0.05, 0) is 37.3 Å². The average molecular weight is 163 g/mol. The smallest absolute Gasteiger partial charge is 0.166 e. The monoisotopic (exact) mass is 163 g/mol. The first kappa shape index (κ1) is 7.59. The maximum absolute atomic E-state index is 10.7. The number of aryl methyl sites for hydroxylation is 1. The molecule has 1 saturated carbocycles. The molecule has 1 N–H and O–H groups in total. The van der Waals surface area contributed by atoms with Crippen molar-refractivity contribution < 1.29 is 4.79 Å². The fraction of sp³-hybridized carbons (Fsp3) is 0.500. The first-order valence-electron chi connectivity index (χ1n) is 4.46. The molecule has 0 amide bonds. The van der Waals surface area contributed by atoms with Crippen LogP contribution in [-0.2, 0) is 0 Å². The van der Waals surface area contributed by atoms with Crippen molar-refractivity contribution in [1.29, 1.82) is 0 Å². The first-order chi connectivity index (χ1) is 5.81. The van der Waals surface area contributed by atoms with E-state index >= 15 is 0 Å². The van der Waals surface area contributed by atoms with Gasteiger partial charge in [0, 0.05) is 5.69 Å². The molecule has 0 unspecified atom stereocenters. The van der Waals surface area contributed by atoms with E-state index in [9.17, 15) is 4.79 Å². The lowest BCUT2D eigenvalue weighted by Crippen LogP contribution is -2.09. The predicted octanol–water partition coefficient (Wildman–Crippen LogP) is 2.40. The van der Waals surface area contributed by atoms with Crippen molar-refractivity contribution in [1.82, 2.24) is 4.98 Å². The number of carbonyl (C=O) groups excluding carboxylic acids is 1. The predicted molar refractivity (Wildman–Crippen MR) is 47.5 cm³/mol. The summed E-state index contributed by atoms with van der Waals surface area (Å²) in [6.45, 7) is 2.00. The lowest BCUT2D eigenvalue weighted by molar-refractivity contribution is 0.111. The number of nitrogens with one attached hydrogen (secondary N) is 1. The third-order valence-corrected chi connectivity index (χ3v) is 2.68. The van der Waals surface area contributed by atoms with Crippen LogP contribution in [0.2, 0.25) is 0 Å². The van der Waals surface area contributed by atoms with Gasteiger partial charge in [-0.15, -0.1) is 0 Å². The largest absolute Gasteiger partial charge is 0.356 e. The highest BCUT2D eigenvalue weighted by Crippen LogP contribution is 2.37. The van der Waals surface area contributed by atoms with E-state index in [4.69, 9.17) is 0 Å². The fourth-order valence-electron chi connectivity index (χ4n) is 1.79. The number of hydrogen-bond acceptors (Lipinski definition) is 1. The van der Waals surface area contributed by atoms with Gasteiger partial charge in [0.05, 0.1) is 5.69 Å². The molecule has 64 valence electrons. The number of aromatic amines is 1. The standard InChI is InChI=1S/C10H13NO/c1-7-5-9(8-3-2-4-8)10(6-12)11-7/h5-6,8,11H,2-4H2,1H3. The summed E-state index contributed by atoms with van der Waals surface area (Å²) < 4.78 is 0. The van der Waals surface area contributed by atoms with Gasteiger partial charge in [0.15, 0.2) is 6.29 Å². The molecule has 0 spiro atoms. The third kappa shape index (κ3) is 1.07. The molecule has 0 aromatic carbocycles. The van der Waals surface area contributed by atoms with E-state index in [1.165, 1.54) is 24.8 Å². The summed E-state index contributed by atoms with van der Waals surface area (Å²) in [5.74, 6) is 0.648. The summed E-state index contributed by atoms with van der Waals surface area (Å²) in [6.07, 6.45) is 4.74. The van der Waals surface area contributed by atoms with Crippen molar-refractivity contribution in [3.05, 3.63) is 23.0 Å². The maximum atomic E-state index is 10.7. The molecule has 1 fully saturated rings. The highest BCUT2D eigenvalue weighted by molar-refractivity contribution is 5.75.